The van der Waals surface area contributed by atoms with Crippen molar-refractivity contribution in [2.75, 3.05) is 11.9 Å². The zero-order valence-electron chi connectivity index (χ0n) is 13.3. The third-order valence-corrected chi connectivity index (χ3v) is 3.69. The number of benzene rings is 2. The van der Waals surface area contributed by atoms with Gasteiger partial charge in [-0.25, -0.2) is 14.4 Å². The molecule has 0 aliphatic rings. The number of anilines is 1. The van der Waals surface area contributed by atoms with Crippen LogP contribution in [0.3, 0.4) is 0 Å². The van der Waals surface area contributed by atoms with Crippen molar-refractivity contribution in [1.29, 1.82) is 0 Å². The van der Waals surface area contributed by atoms with Crippen LogP contribution in [-0.4, -0.2) is 27.7 Å². The van der Waals surface area contributed by atoms with Crippen LogP contribution in [0.15, 0.2) is 42.5 Å². The molecular formula is C18H19FN4O. The molecule has 124 valence electrons. The Kier molecular flexibility index (Phi) is 4.57. The number of nitrogens with one attached hydrogen (secondary N) is 1. The molecule has 0 spiro atoms. The highest BCUT2D eigenvalue weighted by Crippen LogP contribution is 2.30. The molecule has 0 bridgehead atoms. The molecule has 5 nitrogen and oxygen atoms in total. The molecule has 1 aromatic heterocycles. The molecule has 3 aromatic rings. The van der Waals surface area contributed by atoms with Crippen LogP contribution in [0, 0.1) is 5.82 Å². The summed E-state index contributed by atoms with van der Waals surface area (Å²) in [6.07, 6.45) is 0.757. The van der Waals surface area contributed by atoms with E-state index in [1.54, 1.807) is 30.3 Å². The molecule has 0 radical (unpaired) electrons. The highest BCUT2D eigenvalue weighted by atomic mass is 19.1. The number of phenols is 1. The van der Waals surface area contributed by atoms with Crippen molar-refractivity contribution in [3.8, 4) is 17.1 Å². The van der Waals surface area contributed by atoms with E-state index in [2.05, 4.69) is 15.3 Å². The van der Waals surface area contributed by atoms with Crippen molar-refractivity contribution in [3.05, 3.63) is 48.3 Å². The molecule has 3 rings (SSSR count). The Balaban J connectivity index is 2.08. The van der Waals surface area contributed by atoms with E-state index >= 15 is 0 Å². The number of halogens is 1. The van der Waals surface area contributed by atoms with Gasteiger partial charge in [0.25, 0.3) is 0 Å². The third-order valence-electron chi connectivity index (χ3n) is 3.69. The average molecular weight is 326 g/mol. The minimum Gasteiger partial charge on any atom is -0.507 e. The summed E-state index contributed by atoms with van der Waals surface area (Å²) in [6, 6.07) is 11.3. The van der Waals surface area contributed by atoms with Crippen LogP contribution in [0.1, 0.15) is 13.3 Å². The van der Waals surface area contributed by atoms with Gasteiger partial charge in [0.2, 0.25) is 0 Å². The molecule has 24 heavy (non-hydrogen) atoms. The summed E-state index contributed by atoms with van der Waals surface area (Å²) in [7, 11) is 0. The van der Waals surface area contributed by atoms with Crippen LogP contribution in [0.25, 0.3) is 22.3 Å². The number of nitrogens with zero attached hydrogens (tertiary/aromatic N) is 2. The van der Waals surface area contributed by atoms with Gasteiger partial charge >= 0.3 is 0 Å². The zero-order chi connectivity index (χ0) is 17.1. The predicted octanol–water partition coefficient (Wildman–Crippen LogP) is 3.29. The fraction of sp³-hybridized carbons (Fsp3) is 0.222. The van der Waals surface area contributed by atoms with Crippen LogP contribution in [0.2, 0.25) is 0 Å². The number of aromatic hydroxyl groups is 1. The first-order valence-corrected chi connectivity index (χ1v) is 7.79. The average Bonchev–Trinajstić information content (AvgIpc) is 2.55. The Morgan fingerprint density at radius 3 is 2.75 bits per heavy atom. The Hall–Kier alpha value is -2.73. The number of para-hydroxylation sites is 1. The Bertz CT molecular complexity index is 867. The first-order valence-electron chi connectivity index (χ1n) is 7.79. The number of rotatable bonds is 5. The zero-order valence-corrected chi connectivity index (χ0v) is 13.3. The molecule has 0 aliphatic carbocycles. The summed E-state index contributed by atoms with van der Waals surface area (Å²) in [5, 5.41) is 13.8. The van der Waals surface area contributed by atoms with Crippen LogP contribution < -0.4 is 11.1 Å². The summed E-state index contributed by atoms with van der Waals surface area (Å²) in [5.74, 6) is 0.658. The number of fused-ring (bicyclic) bond motifs is 1. The van der Waals surface area contributed by atoms with Crippen molar-refractivity contribution in [3.63, 3.8) is 0 Å². The topological polar surface area (TPSA) is 84.1 Å². The number of hydrogen-bond donors (Lipinski definition) is 3. The predicted molar refractivity (Wildman–Crippen MR) is 93.4 cm³/mol. The third kappa shape index (κ3) is 3.44. The second kappa shape index (κ2) is 6.80. The van der Waals surface area contributed by atoms with E-state index in [1.807, 2.05) is 6.92 Å². The maximum atomic E-state index is 13.6. The second-order valence-corrected chi connectivity index (χ2v) is 5.77. The summed E-state index contributed by atoms with van der Waals surface area (Å²) in [5.41, 5.74) is 6.90. The first kappa shape index (κ1) is 16.1. The van der Waals surface area contributed by atoms with E-state index in [0.29, 0.717) is 34.7 Å². The molecule has 0 aliphatic heterocycles. The van der Waals surface area contributed by atoms with Crippen LogP contribution in [0.4, 0.5) is 10.2 Å². The van der Waals surface area contributed by atoms with Gasteiger partial charge in [0.05, 0.1) is 11.1 Å². The van der Waals surface area contributed by atoms with E-state index in [0.717, 1.165) is 6.42 Å². The molecule has 4 N–H and O–H groups in total. The number of aromatic nitrogens is 2. The number of nitrogens with two attached hydrogens (primary N) is 1. The molecule has 1 atom stereocenters. The van der Waals surface area contributed by atoms with Gasteiger partial charge in [0, 0.05) is 18.0 Å². The molecule has 0 saturated heterocycles. The minimum absolute atomic E-state index is 0.0555. The Labute approximate surface area is 139 Å². The highest BCUT2D eigenvalue weighted by Gasteiger charge is 2.12. The lowest BCUT2D eigenvalue weighted by Crippen LogP contribution is -2.19. The van der Waals surface area contributed by atoms with Gasteiger partial charge < -0.3 is 16.2 Å². The maximum absolute atomic E-state index is 13.6. The molecule has 0 fully saturated rings. The normalized spacial score (nSPS) is 12.3. The van der Waals surface area contributed by atoms with Gasteiger partial charge in [-0.3, -0.25) is 0 Å². The number of hydrogen-bond acceptors (Lipinski definition) is 5. The summed E-state index contributed by atoms with van der Waals surface area (Å²) >= 11 is 0. The lowest BCUT2D eigenvalue weighted by molar-refractivity contribution is 0.477. The van der Waals surface area contributed by atoms with Crippen molar-refractivity contribution in [2.45, 2.75) is 19.4 Å². The monoisotopic (exact) mass is 326 g/mol. The minimum atomic E-state index is -0.350. The smallest absolute Gasteiger partial charge is 0.165 e. The quantitative estimate of drug-likeness (QED) is 0.670. The van der Waals surface area contributed by atoms with E-state index in [9.17, 15) is 9.50 Å². The lowest BCUT2D eigenvalue weighted by Gasteiger charge is -2.12. The Morgan fingerprint density at radius 1 is 1.21 bits per heavy atom. The molecule has 0 amide bonds. The van der Waals surface area contributed by atoms with Gasteiger partial charge in [-0.15, -0.1) is 0 Å². The van der Waals surface area contributed by atoms with Crippen LogP contribution in [0.5, 0.6) is 5.75 Å². The second-order valence-electron chi connectivity index (χ2n) is 5.77. The SMILES string of the molecule is CC(N)CCNc1nc(-c2ccccc2O)nc2ccc(F)cc12. The molecule has 6 heteroatoms. The van der Waals surface area contributed by atoms with E-state index in [4.69, 9.17) is 5.73 Å². The first-order chi connectivity index (χ1) is 11.5. The molecule has 2 aromatic carbocycles. The van der Waals surface area contributed by atoms with Gasteiger partial charge in [0.1, 0.15) is 17.4 Å². The van der Waals surface area contributed by atoms with Gasteiger partial charge in [-0.05, 0) is 43.7 Å². The summed E-state index contributed by atoms with van der Waals surface area (Å²) in [6.45, 7) is 2.54. The summed E-state index contributed by atoms with van der Waals surface area (Å²) in [4.78, 5) is 8.93. The standard InChI is InChI=1S/C18H19FN4O/c1-11(20)8-9-21-17-14-10-12(19)6-7-15(14)22-18(23-17)13-4-2-3-5-16(13)24/h2-7,10-11,24H,8-9,20H2,1H3,(H,21,22,23). The van der Waals surface area contributed by atoms with Crippen LogP contribution >= 0.6 is 0 Å². The fourth-order valence-electron chi connectivity index (χ4n) is 2.44. The molecular weight excluding hydrogens is 307 g/mol. The van der Waals surface area contributed by atoms with E-state index < -0.39 is 0 Å². The largest absolute Gasteiger partial charge is 0.507 e. The van der Waals surface area contributed by atoms with E-state index in [-0.39, 0.29) is 17.6 Å². The summed E-state index contributed by atoms with van der Waals surface area (Å²) < 4.78 is 13.6. The van der Waals surface area contributed by atoms with Crippen molar-refractivity contribution >= 4 is 16.7 Å². The highest BCUT2D eigenvalue weighted by molar-refractivity contribution is 5.91. The fourth-order valence-corrected chi connectivity index (χ4v) is 2.44. The Morgan fingerprint density at radius 2 is 2.00 bits per heavy atom. The van der Waals surface area contributed by atoms with Crippen molar-refractivity contribution < 1.29 is 9.50 Å². The molecule has 0 saturated carbocycles. The molecule has 1 unspecified atom stereocenters. The van der Waals surface area contributed by atoms with Crippen molar-refractivity contribution in [2.24, 2.45) is 5.73 Å². The number of phenolic OH excluding ortho intramolecular Hbond substituents is 1. The van der Waals surface area contributed by atoms with Gasteiger partial charge in [-0.2, -0.15) is 0 Å². The van der Waals surface area contributed by atoms with Gasteiger partial charge in [-0.1, -0.05) is 12.1 Å². The van der Waals surface area contributed by atoms with Crippen LogP contribution in [-0.2, 0) is 0 Å². The lowest BCUT2D eigenvalue weighted by atomic mass is 10.1. The molecule has 1 heterocycles. The van der Waals surface area contributed by atoms with Gasteiger partial charge in [0.15, 0.2) is 5.82 Å². The van der Waals surface area contributed by atoms with E-state index in [1.165, 1.54) is 12.1 Å². The van der Waals surface area contributed by atoms with Crippen molar-refractivity contribution in [1.82, 2.24) is 9.97 Å². The maximum Gasteiger partial charge on any atom is 0.165 e.